The van der Waals surface area contributed by atoms with Gasteiger partial charge in [0.25, 0.3) is 10.0 Å². The third kappa shape index (κ3) is 3.16. The predicted octanol–water partition coefficient (Wildman–Crippen LogP) is 4.42. The molecule has 0 aliphatic rings. The highest BCUT2D eigenvalue weighted by atomic mass is 35.5. The zero-order valence-corrected chi connectivity index (χ0v) is 14.6. The van der Waals surface area contributed by atoms with Gasteiger partial charge in [0.05, 0.1) is 27.7 Å². The number of halogens is 2. The van der Waals surface area contributed by atoms with Gasteiger partial charge in [0, 0.05) is 0 Å². The van der Waals surface area contributed by atoms with E-state index in [2.05, 4.69) is 4.72 Å². The van der Waals surface area contributed by atoms with Crippen LogP contribution in [0.3, 0.4) is 0 Å². The number of hydrogen-bond donors (Lipinski definition) is 1. The molecule has 0 fully saturated rings. The highest BCUT2D eigenvalue weighted by Crippen LogP contribution is 2.33. The first-order valence-corrected chi connectivity index (χ1v) is 8.63. The maximum absolute atomic E-state index is 12.6. The van der Waals surface area contributed by atoms with Crippen molar-refractivity contribution in [3.05, 3.63) is 51.5 Å². The quantitative estimate of drug-likeness (QED) is 0.878. The molecular formula is C15H15Cl2NO3S. The Kier molecular flexibility index (Phi) is 4.90. The smallest absolute Gasteiger partial charge is 0.262 e. The van der Waals surface area contributed by atoms with E-state index in [1.807, 2.05) is 0 Å². The van der Waals surface area contributed by atoms with E-state index in [0.29, 0.717) is 11.3 Å². The van der Waals surface area contributed by atoms with E-state index in [1.54, 1.807) is 45.2 Å². The second-order valence-corrected chi connectivity index (χ2v) is 7.16. The van der Waals surface area contributed by atoms with Gasteiger partial charge in [-0.05, 0) is 49.2 Å². The molecular weight excluding hydrogens is 345 g/mol. The number of rotatable bonds is 4. The van der Waals surface area contributed by atoms with Crippen LogP contribution in [0.2, 0.25) is 10.0 Å². The first-order chi connectivity index (χ1) is 10.3. The highest BCUT2D eigenvalue weighted by molar-refractivity contribution is 7.92. The van der Waals surface area contributed by atoms with Crippen LogP contribution < -0.4 is 9.46 Å². The number of sulfonamides is 1. The van der Waals surface area contributed by atoms with Gasteiger partial charge in [0.1, 0.15) is 5.75 Å². The Morgan fingerprint density at radius 3 is 2.36 bits per heavy atom. The molecule has 0 aliphatic heterocycles. The fraction of sp³-hybridized carbons (Fsp3) is 0.200. The molecule has 0 bridgehead atoms. The molecule has 0 aliphatic carbocycles. The van der Waals surface area contributed by atoms with Crippen LogP contribution in [0.15, 0.2) is 35.2 Å². The summed E-state index contributed by atoms with van der Waals surface area (Å²) < 4.78 is 32.8. The number of hydrogen-bond acceptors (Lipinski definition) is 3. The lowest BCUT2D eigenvalue weighted by atomic mass is 10.1. The van der Waals surface area contributed by atoms with E-state index in [1.165, 1.54) is 6.07 Å². The predicted molar refractivity (Wildman–Crippen MR) is 89.7 cm³/mol. The summed E-state index contributed by atoms with van der Waals surface area (Å²) >= 11 is 11.9. The largest absolute Gasteiger partial charge is 0.496 e. The molecule has 4 nitrogen and oxygen atoms in total. The molecule has 0 atom stereocenters. The molecule has 0 spiro atoms. The van der Waals surface area contributed by atoms with Crippen LogP contribution in [0.5, 0.6) is 5.75 Å². The van der Waals surface area contributed by atoms with Crippen molar-refractivity contribution in [2.45, 2.75) is 18.7 Å². The standard InChI is InChI=1S/C15H15Cl2NO3S/c1-9-10(2)14(8-7-13(9)21-3)22(19,20)18-12-6-4-5-11(16)15(12)17/h4-8,18H,1-3H3. The Bertz CT molecular complexity index is 820. The molecule has 0 radical (unpaired) electrons. The third-order valence-corrected chi connectivity index (χ3v) is 5.72. The molecule has 0 unspecified atom stereocenters. The first-order valence-electron chi connectivity index (χ1n) is 6.39. The van der Waals surface area contributed by atoms with E-state index in [4.69, 9.17) is 27.9 Å². The second-order valence-electron chi connectivity index (χ2n) is 4.72. The molecule has 22 heavy (non-hydrogen) atoms. The molecule has 7 heteroatoms. The van der Waals surface area contributed by atoms with E-state index in [9.17, 15) is 8.42 Å². The molecule has 0 aromatic heterocycles. The van der Waals surface area contributed by atoms with Gasteiger partial charge in [0.2, 0.25) is 0 Å². The van der Waals surface area contributed by atoms with Crippen LogP contribution in [0, 0.1) is 13.8 Å². The first kappa shape index (κ1) is 16.9. The number of methoxy groups -OCH3 is 1. The summed E-state index contributed by atoms with van der Waals surface area (Å²) in [4.78, 5) is 0.168. The Balaban J connectivity index is 2.48. The zero-order chi connectivity index (χ0) is 16.5. The summed E-state index contributed by atoms with van der Waals surface area (Å²) in [6.45, 7) is 3.53. The topological polar surface area (TPSA) is 55.4 Å². The van der Waals surface area contributed by atoms with Crippen molar-refractivity contribution >= 4 is 38.9 Å². The maximum Gasteiger partial charge on any atom is 0.262 e. The van der Waals surface area contributed by atoms with Crippen molar-refractivity contribution < 1.29 is 13.2 Å². The molecule has 2 rings (SSSR count). The minimum Gasteiger partial charge on any atom is -0.496 e. The van der Waals surface area contributed by atoms with Gasteiger partial charge in [-0.15, -0.1) is 0 Å². The average Bonchev–Trinajstić information content (AvgIpc) is 2.46. The Morgan fingerprint density at radius 2 is 1.73 bits per heavy atom. The van der Waals surface area contributed by atoms with Crippen LogP contribution in [-0.4, -0.2) is 15.5 Å². The van der Waals surface area contributed by atoms with Gasteiger partial charge < -0.3 is 4.74 Å². The molecule has 0 saturated carbocycles. The van der Waals surface area contributed by atoms with Crippen LogP contribution in [0.1, 0.15) is 11.1 Å². The van der Waals surface area contributed by atoms with Crippen molar-refractivity contribution in [3.63, 3.8) is 0 Å². The monoisotopic (exact) mass is 359 g/mol. The zero-order valence-electron chi connectivity index (χ0n) is 12.3. The molecule has 118 valence electrons. The summed E-state index contributed by atoms with van der Waals surface area (Å²) in [5.41, 5.74) is 1.62. The Labute approximate surface area is 140 Å². The SMILES string of the molecule is COc1ccc(S(=O)(=O)Nc2cccc(Cl)c2Cl)c(C)c1C. The fourth-order valence-electron chi connectivity index (χ4n) is 2.07. The van der Waals surface area contributed by atoms with Gasteiger partial charge in [-0.2, -0.15) is 0 Å². The number of nitrogens with one attached hydrogen (secondary N) is 1. The third-order valence-electron chi connectivity index (χ3n) is 3.39. The number of benzene rings is 2. The second kappa shape index (κ2) is 6.36. The van der Waals surface area contributed by atoms with E-state index >= 15 is 0 Å². The minimum atomic E-state index is -3.78. The Morgan fingerprint density at radius 1 is 1.05 bits per heavy atom. The van der Waals surface area contributed by atoms with Crippen molar-refractivity contribution in [3.8, 4) is 5.75 Å². The van der Waals surface area contributed by atoms with E-state index < -0.39 is 10.0 Å². The maximum atomic E-state index is 12.6. The molecule has 1 N–H and O–H groups in total. The molecule has 2 aromatic carbocycles. The lowest BCUT2D eigenvalue weighted by molar-refractivity contribution is 0.411. The van der Waals surface area contributed by atoms with Crippen molar-refractivity contribution in [2.24, 2.45) is 0 Å². The molecule has 0 saturated heterocycles. The van der Waals surface area contributed by atoms with Crippen molar-refractivity contribution in [2.75, 3.05) is 11.8 Å². The van der Waals surface area contributed by atoms with Gasteiger partial charge >= 0.3 is 0 Å². The fourth-order valence-corrected chi connectivity index (χ4v) is 3.84. The summed E-state index contributed by atoms with van der Waals surface area (Å²) in [7, 11) is -2.24. The summed E-state index contributed by atoms with van der Waals surface area (Å²) in [5.74, 6) is 0.636. The summed E-state index contributed by atoms with van der Waals surface area (Å²) in [5, 5.41) is 0.445. The van der Waals surface area contributed by atoms with Gasteiger partial charge in [-0.1, -0.05) is 29.3 Å². The van der Waals surface area contributed by atoms with Gasteiger partial charge in [-0.3, -0.25) is 4.72 Å². The van der Waals surface area contributed by atoms with Crippen LogP contribution >= 0.6 is 23.2 Å². The van der Waals surface area contributed by atoms with Gasteiger partial charge in [-0.25, -0.2) is 8.42 Å². The average molecular weight is 360 g/mol. The summed E-state index contributed by atoms with van der Waals surface area (Å²) in [6, 6.07) is 7.89. The molecule has 2 aromatic rings. The Hall–Kier alpha value is -1.43. The normalized spacial score (nSPS) is 11.3. The number of ether oxygens (including phenoxy) is 1. The summed E-state index contributed by atoms with van der Waals surface area (Å²) in [6.07, 6.45) is 0. The van der Waals surface area contributed by atoms with Crippen LogP contribution in [0.25, 0.3) is 0 Å². The molecule has 0 heterocycles. The molecule has 0 amide bonds. The lowest BCUT2D eigenvalue weighted by Gasteiger charge is -2.15. The minimum absolute atomic E-state index is 0.163. The van der Waals surface area contributed by atoms with E-state index in [-0.39, 0.29) is 20.6 Å². The highest BCUT2D eigenvalue weighted by Gasteiger charge is 2.21. The van der Waals surface area contributed by atoms with Crippen molar-refractivity contribution in [1.82, 2.24) is 0 Å². The van der Waals surface area contributed by atoms with Crippen LogP contribution in [0.4, 0.5) is 5.69 Å². The number of anilines is 1. The lowest BCUT2D eigenvalue weighted by Crippen LogP contribution is -2.15. The van der Waals surface area contributed by atoms with E-state index in [0.717, 1.165) is 5.56 Å². The van der Waals surface area contributed by atoms with Crippen LogP contribution in [-0.2, 0) is 10.0 Å². The van der Waals surface area contributed by atoms with Crippen molar-refractivity contribution in [1.29, 1.82) is 0 Å². The van der Waals surface area contributed by atoms with Gasteiger partial charge in [0.15, 0.2) is 0 Å².